The van der Waals surface area contributed by atoms with Gasteiger partial charge in [0.2, 0.25) is 0 Å². The van der Waals surface area contributed by atoms with Crippen LogP contribution in [-0.2, 0) is 24.7 Å². The van der Waals surface area contributed by atoms with Crippen LogP contribution in [0.4, 0.5) is 75.4 Å². The van der Waals surface area contributed by atoms with Crippen molar-refractivity contribution in [3.8, 4) is 22.7 Å². The van der Waals surface area contributed by atoms with Gasteiger partial charge in [0, 0.05) is 95.4 Å². The highest BCUT2D eigenvalue weighted by Gasteiger charge is 2.37. The summed E-state index contributed by atoms with van der Waals surface area (Å²) < 4.78 is 170. The van der Waals surface area contributed by atoms with Gasteiger partial charge in [-0.1, -0.05) is 35.3 Å². The van der Waals surface area contributed by atoms with Gasteiger partial charge in [0.25, 0.3) is 23.6 Å². The number of aryl methyl sites for hydroxylation is 6. The Morgan fingerprint density at radius 2 is 0.620 bits per heavy atom. The van der Waals surface area contributed by atoms with E-state index >= 15 is 0 Å². The molecule has 560 valence electrons. The number of nitrogens with one attached hydrogen (secondary N) is 4. The van der Waals surface area contributed by atoms with E-state index in [0.717, 1.165) is 54.7 Å². The van der Waals surface area contributed by atoms with Crippen molar-refractivity contribution in [2.45, 2.75) is 66.2 Å². The van der Waals surface area contributed by atoms with Gasteiger partial charge in [0.1, 0.15) is 0 Å². The fourth-order valence-electron chi connectivity index (χ4n) is 9.91. The van der Waals surface area contributed by atoms with Crippen molar-refractivity contribution in [2.75, 3.05) is 21.3 Å². The Hall–Kier alpha value is -8.86. The second kappa shape index (κ2) is 34.8. The average molecular weight is 1980 g/mol. The normalized spacial score (nSPS) is 11.5. The van der Waals surface area contributed by atoms with E-state index in [1.807, 2.05) is 59.0 Å². The van der Waals surface area contributed by atoms with E-state index in [1.54, 1.807) is 101 Å². The number of halogens is 18. The molecule has 0 aliphatic heterocycles. The molecule has 12 aromatic rings. The van der Waals surface area contributed by atoms with Crippen molar-refractivity contribution in [1.29, 1.82) is 0 Å². The van der Waals surface area contributed by atoms with E-state index in [2.05, 4.69) is 86.4 Å². The van der Waals surface area contributed by atoms with Crippen LogP contribution in [0.5, 0.6) is 0 Å². The van der Waals surface area contributed by atoms with Crippen LogP contribution >= 0.6 is 114 Å². The quantitative estimate of drug-likeness (QED) is 0.0687. The van der Waals surface area contributed by atoms with Gasteiger partial charge < -0.3 is 39.5 Å². The number of rotatable bonds is 12. The monoisotopic (exact) mass is 1980 g/mol. The molecule has 8 aromatic carbocycles. The number of imidazole rings is 4. The van der Waals surface area contributed by atoms with Crippen LogP contribution < -0.4 is 21.3 Å². The molecule has 0 saturated heterocycles. The summed E-state index contributed by atoms with van der Waals surface area (Å²) in [5.74, 6) is -1.99. The molecule has 4 aromatic heterocycles. The van der Waals surface area contributed by atoms with Crippen molar-refractivity contribution in [1.82, 2.24) is 38.2 Å². The standard InChI is InChI=1S/2C19H15F3IN3O.2C18H12ClF3IN3O/c1-11-3-4-13(5-17(11)23)18(27)25-15-6-14(19(20,21)22)7-16(8-15)26-9-12(2)24-10-26;1-11-3-4-13(7-16(11)23)18(27)25-14-5-6-17(15(8-14)19(20,21)22)26-9-12(2)24-10-26;1-10-8-26(9-24-10)16-5-3-12(7-13(16)18(20,21)22)25-17(27)11-2-4-14(19)15(23)6-11;1-10-8-26(9-24-10)14-6-12(18(20,21)22)5-13(7-14)25-17(27)11-2-3-15(19)16(23)4-11/h2*3-10H,1-2H3,(H,25,27);2*2-9H,1H3,(H,25,27). The Bertz CT molecular complexity index is 5040. The molecule has 0 saturated carbocycles. The van der Waals surface area contributed by atoms with Crippen LogP contribution in [0, 0.1) is 55.8 Å². The highest BCUT2D eigenvalue weighted by molar-refractivity contribution is 14.1. The molecular weight excluding hydrogens is 1930 g/mol. The predicted octanol–water partition coefficient (Wildman–Crippen LogP) is 22.1. The maximum Gasteiger partial charge on any atom is 0.418 e. The van der Waals surface area contributed by atoms with Gasteiger partial charge in [-0.15, -0.1) is 0 Å². The highest BCUT2D eigenvalue weighted by atomic mass is 127. The number of benzene rings is 8. The molecule has 4 heterocycles. The minimum atomic E-state index is -4.59. The van der Waals surface area contributed by atoms with Gasteiger partial charge in [0.15, 0.2) is 0 Å². The number of amides is 4. The summed E-state index contributed by atoms with van der Waals surface area (Å²) in [5, 5.41) is 11.1. The Labute approximate surface area is 672 Å². The third-order valence-corrected chi connectivity index (χ3v) is 20.8. The lowest BCUT2D eigenvalue weighted by atomic mass is 10.1. The Balaban J connectivity index is 0.000000166. The van der Waals surface area contributed by atoms with Crippen LogP contribution in [0.2, 0.25) is 10.0 Å². The van der Waals surface area contributed by atoms with E-state index in [9.17, 15) is 71.9 Å². The number of alkyl halides is 12. The summed E-state index contributed by atoms with van der Waals surface area (Å²) in [6.07, 6.45) is -6.55. The summed E-state index contributed by atoms with van der Waals surface area (Å²) >= 11 is 20.0. The molecule has 16 nitrogen and oxygen atoms in total. The lowest BCUT2D eigenvalue weighted by Crippen LogP contribution is -2.15. The highest BCUT2D eigenvalue weighted by Crippen LogP contribution is 2.40. The number of aromatic nitrogens is 8. The van der Waals surface area contributed by atoms with Crippen molar-refractivity contribution < 1.29 is 71.9 Å². The molecule has 34 heteroatoms. The molecule has 0 atom stereocenters. The fourth-order valence-corrected chi connectivity index (χ4v) is 12.2. The zero-order valence-electron chi connectivity index (χ0n) is 56.5. The van der Waals surface area contributed by atoms with Gasteiger partial charge >= 0.3 is 24.7 Å². The first kappa shape index (κ1) is 83.2. The smallest absolute Gasteiger partial charge is 0.322 e. The first-order chi connectivity index (χ1) is 50.6. The number of hydrogen-bond donors (Lipinski definition) is 4. The van der Waals surface area contributed by atoms with Crippen molar-refractivity contribution >= 4 is 160 Å². The SMILES string of the molecule is Cc1cn(-c2cc(NC(=O)c3ccc(C)c(I)c3)cc(C(F)(F)F)c2)cn1.Cc1cn(-c2cc(NC(=O)c3ccc(Cl)c(I)c3)cc(C(F)(F)F)c2)cn1.Cc1cn(-c2ccc(NC(=O)c3ccc(C)c(I)c3)cc2C(F)(F)F)cn1.Cc1cn(-c2ccc(NC(=O)c3ccc(Cl)c(I)c3)cc2C(F)(F)F)cn1. The van der Waals surface area contributed by atoms with E-state index < -0.39 is 70.6 Å². The predicted molar refractivity (Wildman–Crippen MR) is 421 cm³/mol. The largest absolute Gasteiger partial charge is 0.418 e. The number of hydrogen-bond acceptors (Lipinski definition) is 8. The average Bonchev–Trinajstić information content (AvgIpc) is 1.41. The van der Waals surface area contributed by atoms with Crippen LogP contribution in [0.3, 0.4) is 0 Å². The number of carbonyl (C=O) groups is 4. The fraction of sp³-hybridized carbons (Fsp3) is 0.135. The Morgan fingerprint density at radius 1 is 0.333 bits per heavy atom. The summed E-state index contributed by atoms with van der Waals surface area (Å²) in [6, 6.07) is 33.6. The van der Waals surface area contributed by atoms with E-state index in [4.69, 9.17) is 23.2 Å². The van der Waals surface area contributed by atoms with Gasteiger partial charge in [-0.25, -0.2) is 19.9 Å². The minimum Gasteiger partial charge on any atom is -0.322 e. The molecule has 12 rings (SSSR count). The zero-order valence-corrected chi connectivity index (χ0v) is 66.6. The molecule has 0 bridgehead atoms. The van der Waals surface area contributed by atoms with Gasteiger partial charge in [-0.05, 0) is 276 Å². The van der Waals surface area contributed by atoms with Crippen molar-refractivity contribution in [2.24, 2.45) is 0 Å². The van der Waals surface area contributed by atoms with Gasteiger partial charge in [0.05, 0.1) is 91.8 Å². The number of anilines is 4. The van der Waals surface area contributed by atoms with Crippen LogP contribution in [0.1, 0.15) is 97.6 Å². The van der Waals surface area contributed by atoms with Gasteiger partial charge in [-0.3, -0.25) is 19.2 Å². The Kier molecular flexibility index (Phi) is 26.8. The maximum atomic E-state index is 13.5. The van der Waals surface area contributed by atoms with E-state index in [0.29, 0.717) is 62.2 Å². The molecule has 4 amide bonds. The lowest BCUT2D eigenvalue weighted by Gasteiger charge is -2.15. The zero-order chi connectivity index (χ0) is 79.1. The van der Waals surface area contributed by atoms with Crippen LogP contribution in [-0.4, -0.2) is 61.8 Å². The number of nitrogens with zero attached hydrogens (tertiary/aromatic N) is 8. The molecule has 0 fully saturated rings. The van der Waals surface area contributed by atoms with E-state index in [1.165, 1.54) is 105 Å². The Morgan fingerprint density at radius 3 is 0.889 bits per heavy atom. The molecule has 0 spiro atoms. The van der Waals surface area contributed by atoms with Crippen LogP contribution in [0.25, 0.3) is 22.7 Å². The molecular formula is C74H54Cl2F12I4N12O4. The minimum absolute atomic E-state index is 0.0288. The summed E-state index contributed by atoms with van der Waals surface area (Å²) in [6.45, 7) is 10.7. The molecule has 0 radical (unpaired) electrons. The topological polar surface area (TPSA) is 188 Å². The lowest BCUT2D eigenvalue weighted by molar-refractivity contribution is -0.138. The molecule has 4 N–H and O–H groups in total. The third-order valence-electron chi connectivity index (χ3n) is 15.4. The van der Waals surface area contributed by atoms with Crippen molar-refractivity contribution in [3.63, 3.8) is 0 Å². The third kappa shape index (κ3) is 22.2. The second-order valence-corrected chi connectivity index (χ2v) is 29.1. The first-order valence-electron chi connectivity index (χ1n) is 31.2. The summed E-state index contributed by atoms with van der Waals surface area (Å²) in [4.78, 5) is 65.6. The van der Waals surface area contributed by atoms with Crippen molar-refractivity contribution in [3.05, 3.63) is 298 Å². The summed E-state index contributed by atoms with van der Waals surface area (Å²) in [5.41, 5.74) is 3.08. The molecule has 0 unspecified atom stereocenters. The summed E-state index contributed by atoms with van der Waals surface area (Å²) in [7, 11) is 0. The van der Waals surface area contributed by atoms with Gasteiger partial charge in [-0.2, -0.15) is 52.7 Å². The number of carbonyl (C=O) groups excluding carboxylic acids is 4. The molecule has 108 heavy (non-hydrogen) atoms. The second-order valence-electron chi connectivity index (χ2n) is 23.7. The molecule has 0 aliphatic carbocycles. The van der Waals surface area contributed by atoms with Crippen LogP contribution in [0.15, 0.2) is 196 Å². The molecule has 0 aliphatic rings. The maximum absolute atomic E-state index is 13.5. The first-order valence-corrected chi connectivity index (χ1v) is 36.2. The van der Waals surface area contributed by atoms with E-state index in [-0.39, 0.29) is 45.5 Å².